The lowest BCUT2D eigenvalue weighted by Gasteiger charge is -2.26. The van der Waals surface area contributed by atoms with Gasteiger partial charge < -0.3 is 4.74 Å². The third-order valence-electron chi connectivity index (χ3n) is 4.85. The summed E-state index contributed by atoms with van der Waals surface area (Å²) in [7, 11) is 0. The maximum Gasteiger partial charge on any atom is 0.306 e. The van der Waals surface area contributed by atoms with Crippen LogP contribution in [-0.4, -0.2) is 12.6 Å². The third kappa shape index (κ3) is 4.31. The highest BCUT2D eigenvalue weighted by Crippen LogP contribution is 2.37. The molecule has 0 aliphatic heterocycles. The van der Waals surface area contributed by atoms with Crippen molar-refractivity contribution in [3.05, 3.63) is 68.8 Å². The van der Waals surface area contributed by atoms with Gasteiger partial charge in [0.25, 0.3) is 0 Å². The van der Waals surface area contributed by atoms with E-state index in [1.54, 1.807) is 0 Å². The molecule has 0 atom stereocenters. The minimum atomic E-state index is -0.133. The van der Waals surface area contributed by atoms with Gasteiger partial charge in [0.1, 0.15) is 0 Å². The molecule has 0 bridgehead atoms. The number of esters is 1. The van der Waals surface area contributed by atoms with Crippen molar-refractivity contribution in [2.24, 2.45) is 0 Å². The van der Waals surface area contributed by atoms with Crippen LogP contribution in [0.4, 0.5) is 0 Å². The van der Waals surface area contributed by atoms with Gasteiger partial charge in [-0.25, -0.2) is 0 Å². The number of aryl methyl sites for hydroxylation is 6. The van der Waals surface area contributed by atoms with Crippen LogP contribution in [0.5, 0.6) is 0 Å². The van der Waals surface area contributed by atoms with E-state index in [9.17, 15) is 4.79 Å². The zero-order valence-electron chi connectivity index (χ0n) is 16.6. The minimum absolute atomic E-state index is 0.0280. The predicted octanol–water partition coefficient (Wildman–Crippen LogP) is 5.62. The molecule has 0 aliphatic rings. The molecule has 0 saturated heterocycles. The van der Waals surface area contributed by atoms with Crippen LogP contribution in [-0.2, 0) is 9.53 Å². The first-order chi connectivity index (χ1) is 11.7. The highest BCUT2D eigenvalue weighted by Gasteiger charge is 2.25. The van der Waals surface area contributed by atoms with Crippen LogP contribution in [0.15, 0.2) is 24.3 Å². The Hall–Kier alpha value is -2.09. The normalized spacial score (nSPS) is 11.0. The van der Waals surface area contributed by atoms with E-state index in [0.29, 0.717) is 13.0 Å². The van der Waals surface area contributed by atoms with Crippen molar-refractivity contribution < 1.29 is 9.53 Å². The fourth-order valence-electron chi connectivity index (χ4n) is 4.22. The molecule has 0 aromatic heterocycles. The number of hydrogen-bond acceptors (Lipinski definition) is 2. The van der Waals surface area contributed by atoms with E-state index in [0.717, 1.165) is 0 Å². The molecular formula is C23H30O2. The van der Waals surface area contributed by atoms with E-state index in [1.165, 1.54) is 44.5 Å². The molecule has 0 amide bonds. The summed E-state index contributed by atoms with van der Waals surface area (Å²) in [6.45, 7) is 15.1. The molecule has 0 heterocycles. The van der Waals surface area contributed by atoms with Crippen LogP contribution < -0.4 is 0 Å². The van der Waals surface area contributed by atoms with Gasteiger partial charge in [-0.15, -0.1) is 0 Å². The zero-order valence-corrected chi connectivity index (χ0v) is 16.6. The fourth-order valence-corrected chi connectivity index (χ4v) is 4.22. The van der Waals surface area contributed by atoms with Gasteiger partial charge >= 0.3 is 5.97 Å². The first-order valence-electron chi connectivity index (χ1n) is 9.05. The van der Waals surface area contributed by atoms with Gasteiger partial charge in [-0.05, 0) is 81.8 Å². The monoisotopic (exact) mass is 338 g/mol. The van der Waals surface area contributed by atoms with E-state index < -0.39 is 0 Å². The van der Waals surface area contributed by atoms with Gasteiger partial charge in [0.15, 0.2) is 0 Å². The second kappa shape index (κ2) is 7.86. The summed E-state index contributed by atoms with van der Waals surface area (Å²) < 4.78 is 5.28. The molecule has 0 aliphatic carbocycles. The van der Waals surface area contributed by atoms with Crippen LogP contribution in [0.2, 0.25) is 0 Å². The molecular weight excluding hydrogens is 308 g/mol. The quantitative estimate of drug-likeness (QED) is 0.661. The lowest BCUT2D eigenvalue weighted by Crippen LogP contribution is -2.16. The molecule has 25 heavy (non-hydrogen) atoms. The molecule has 134 valence electrons. The number of carbonyl (C=O) groups is 1. The summed E-state index contributed by atoms with van der Waals surface area (Å²) >= 11 is 0. The Labute approximate surface area is 152 Å². The van der Waals surface area contributed by atoms with Crippen molar-refractivity contribution in [2.75, 3.05) is 6.61 Å². The Morgan fingerprint density at radius 1 is 0.800 bits per heavy atom. The van der Waals surface area contributed by atoms with Gasteiger partial charge in [0, 0.05) is 5.92 Å². The number of benzene rings is 2. The summed E-state index contributed by atoms with van der Waals surface area (Å²) in [6, 6.07) is 8.83. The Balaban J connectivity index is 2.65. The Kier molecular flexibility index (Phi) is 6.05. The standard InChI is InChI=1S/C23H30O2/c1-8-25-21(24)13-20(22-16(4)9-14(2)10-17(22)5)23-18(6)11-15(3)12-19(23)7/h9-12,20H,8,13H2,1-7H3. The molecule has 0 N–H and O–H groups in total. The average Bonchev–Trinajstić information content (AvgIpc) is 2.44. The van der Waals surface area contributed by atoms with E-state index >= 15 is 0 Å². The van der Waals surface area contributed by atoms with Crippen LogP contribution in [0.3, 0.4) is 0 Å². The lowest BCUT2D eigenvalue weighted by atomic mass is 9.79. The second-order valence-corrected chi connectivity index (χ2v) is 7.19. The maximum absolute atomic E-state index is 12.4. The van der Waals surface area contributed by atoms with Crippen LogP contribution in [0.1, 0.15) is 63.8 Å². The Bertz CT molecular complexity index is 683. The summed E-state index contributed by atoms with van der Waals surface area (Å²) in [6.07, 6.45) is 0.378. The maximum atomic E-state index is 12.4. The number of rotatable bonds is 5. The Morgan fingerprint density at radius 2 is 1.16 bits per heavy atom. The van der Waals surface area contributed by atoms with E-state index in [-0.39, 0.29) is 11.9 Å². The highest BCUT2D eigenvalue weighted by molar-refractivity contribution is 5.72. The van der Waals surface area contributed by atoms with Gasteiger partial charge in [-0.2, -0.15) is 0 Å². The molecule has 2 nitrogen and oxygen atoms in total. The highest BCUT2D eigenvalue weighted by atomic mass is 16.5. The summed E-state index contributed by atoms with van der Waals surface area (Å²) in [5.74, 6) is -0.105. The lowest BCUT2D eigenvalue weighted by molar-refractivity contribution is -0.143. The first-order valence-corrected chi connectivity index (χ1v) is 9.05. The molecule has 2 aromatic carbocycles. The second-order valence-electron chi connectivity index (χ2n) is 7.19. The number of ether oxygens (including phenoxy) is 1. The van der Waals surface area contributed by atoms with Crippen molar-refractivity contribution in [3.63, 3.8) is 0 Å². The molecule has 2 heteroatoms. The van der Waals surface area contributed by atoms with E-state index in [1.807, 2.05) is 6.92 Å². The molecule has 0 fully saturated rings. The van der Waals surface area contributed by atoms with Crippen molar-refractivity contribution in [1.82, 2.24) is 0 Å². The molecule has 0 spiro atoms. The molecule has 2 aromatic rings. The SMILES string of the molecule is CCOC(=O)CC(c1c(C)cc(C)cc1C)c1c(C)cc(C)cc1C. The predicted molar refractivity (Wildman–Crippen MR) is 104 cm³/mol. The molecule has 0 unspecified atom stereocenters. The van der Waals surface area contributed by atoms with E-state index in [2.05, 4.69) is 65.8 Å². The van der Waals surface area contributed by atoms with E-state index in [4.69, 9.17) is 4.74 Å². The van der Waals surface area contributed by atoms with Gasteiger partial charge in [-0.1, -0.05) is 35.4 Å². The topological polar surface area (TPSA) is 26.3 Å². The van der Waals surface area contributed by atoms with Crippen molar-refractivity contribution in [2.45, 2.75) is 60.8 Å². The minimum Gasteiger partial charge on any atom is -0.466 e. The number of carbonyl (C=O) groups excluding carboxylic acids is 1. The van der Waals surface area contributed by atoms with Crippen LogP contribution in [0.25, 0.3) is 0 Å². The Morgan fingerprint density at radius 3 is 1.48 bits per heavy atom. The summed E-state index contributed by atoms with van der Waals surface area (Å²) in [5, 5.41) is 0. The van der Waals surface area contributed by atoms with Crippen molar-refractivity contribution in [1.29, 1.82) is 0 Å². The van der Waals surface area contributed by atoms with Crippen molar-refractivity contribution >= 4 is 5.97 Å². The van der Waals surface area contributed by atoms with Crippen LogP contribution in [0, 0.1) is 41.5 Å². The third-order valence-corrected chi connectivity index (χ3v) is 4.85. The van der Waals surface area contributed by atoms with Gasteiger partial charge in [-0.3, -0.25) is 4.79 Å². The van der Waals surface area contributed by atoms with Crippen molar-refractivity contribution in [3.8, 4) is 0 Å². The fraction of sp³-hybridized carbons (Fsp3) is 0.435. The first kappa shape index (κ1) is 19.2. The van der Waals surface area contributed by atoms with Gasteiger partial charge in [0.2, 0.25) is 0 Å². The molecule has 0 radical (unpaired) electrons. The molecule has 0 saturated carbocycles. The summed E-state index contributed by atoms with van der Waals surface area (Å²) in [4.78, 5) is 12.4. The smallest absolute Gasteiger partial charge is 0.306 e. The van der Waals surface area contributed by atoms with Crippen LogP contribution >= 0.6 is 0 Å². The molecule has 2 rings (SSSR count). The average molecular weight is 338 g/mol. The number of hydrogen-bond donors (Lipinski definition) is 0. The summed E-state index contributed by atoms with van der Waals surface area (Å²) in [5.41, 5.74) is 9.99. The largest absolute Gasteiger partial charge is 0.466 e. The zero-order chi connectivity index (χ0) is 18.7. The van der Waals surface area contributed by atoms with Gasteiger partial charge in [0.05, 0.1) is 13.0 Å².